The summed E-state index contributed by atoms with van der Waals surface area (Å²) < 4.78 is 7.64. The van der Waals surface area contributed by atoms with Crippen molar-refractivity contribution in [2.24, 2.45) is 5.92 Å². The summed E-state index contributed by atoms with van der Waals surface area (Å²) in [5.74, 6) is 0.304. The van der Waals surface area contributed by atoms with Crippen molar-refractivity contribution in [2.45, 2.75) is 66.2 Å². The third-order valence-corrected chi connectivity index (χ3v) is 3.39. The highest BCUT2D eigenvalue weighted by atomic mass is 16.5. The fourth-order valence-electron chi connectivity index (χ4n) is 2.40. The lowest BCUT2D eigenvalue weighted by Crippen LogP contribution is -2.35. The van der Waals surface area contributed by atoms with Crippen LogP contribution in [0.25, 0.3) is 0 Å². The van der Waals surface area contributed by atoms with E-state index in [1.807, 2.05) is 11.6 Å². The number of aliphatic hydroxyl groups is 1. The first-order chi connectivity index (χ1) is 9.03. The first-order valence-corrected chi connectivity index (χ1v) is 7.38. The quantitative estimate of drug-likeness (QED) is 0.787. The molecule has 19 heavy (non-hydrogen) atoms. The van der Waals surface area contributed by atoms with Gasteiger partial charge in [-0.15, -0.1) is 0 Å². The van der Waals surface area contributed by atoms with E-state index in [0.29, 0.717) is 18.9 Å². The summed E-state index contributed by atoms with van der Waals surface area (Å²) in [6.45, 7) is 11.8. The van der Waals surface area contributed by atoms with Gasteiger partial charge in [0.05, 0.1) is 17.9 Å². The molecule has 0 aromatic carbocycles. The highest BCUT2D eigenvalue weighted by Gasteiger charge is 2.24. The molecule has 1 aromatic rings. The van der Waals surface area contributed by atoms with Crippen molar-refractivity contribution in [2.75, 3.05) is 6.61 Å². The monoisotopic (exact) mass is 268 g/mol. The molecular weight excluding hydrogens is 240 g/mol. The van der Waals surface area contributed by atoms with Crippen molar-refractivity contribution in [3.63, 3.8) is 0 Å². The van der Waals surface area contributed by atoms with E-state index in [0.717, 1.165) is 24.4 Å². The van der Waals surface area contributed by atoms with Crippen LogP contribution in [0.5, 0.6) is 0 Å². The molecule has 0 saturated heterocycles. The fraction of sp³-hybridized carbons (Fsp3) is 0.800. The van der Waals surface area contributed by atoms with E-state index in [1.54, 1.807) is 0 Å². The van der Waals surface area contributed by atoms with E-state index < -0.39 is 6.10 Å². The lowest BCUT2D eigenvalue weighted by Gasteiger charge is -2.26. The predicted molar refractivity (Wildman–Crippen MR) is 77.2 cm³/mol. The Morgan fingerprint density at radius 2 is 2.00 bits per heavy atom. The zero-order chi connectivity index (χ0) is 14.4. The third-order valence-electron chi connectivity index (χ3n) is 3.39. The number of rotatable bonds is 8. The molecule has 0 aliphatic heterocycles. The summed E-state index contributed by atoms with van der Waals surface area (Å²) in [6.07, 6.45) is 0.931. The van der Waals surface area contributed by atoms with Crippen molar-refractivity contribution >= 4 is 0 Å². The molecule has 1 aromatic heterocycles. The van der Waals surface area contributed by atoms with Gasteiger partial charge >= 0.3 is 0 Å². The van der Waals surface area contributed by atoms with Crippen molar-refractivity contribution in [1.29, 1.82) is 0 Å². The molecule has 0 amide bonds. The van der Waals surface area contributed by atoms with Crippen LogP contribution in [0.15, 0.2) is 6.07 Å². The molecule has 0 aliphatic rings. The molecule has 0 fully saturated rings. The van der Waals surface area contributed by atoms with Gasteiger partial charge in [-0.05, 0) is 32.3 Å². The lowest BCUT2D eigenvalue weighted by molar-refractivity contribution is -0.0568. The van der Waals surface area contributed by atoms with E-state index >= 15 is 0 Å². The van der Waals surface area contributed by atoms with Crippen LogP contribution in [0.2, 0.25) is 0 Å². The van der Waals surface area contributed by atoms with E-state index in [-0.39, 0.29) is 6.10 Å². The molecule has 2 atom stereocenters. The standard InChI is InChI=1S/C15H28N2O2/c1-6-12-9-13(17(7-2)16-12)10-14(18)15(11(4)5)19-8-3/h9,11,14-15,18H,6-8,10H2,1-5H3. The molecular formula is C15H28N2O2. The van der Waals surface area contributed by atoms with Crippen LogP contribution in [-0.4, -0.2) is 33.7 Å². The second-order valence-electron chi connectivity index (χ2n) is 5.23. The number of aromatic nitrogens is 2. The molecule has 4 heteroatoms. The first-order valence-electron chi connectivity index (χ1n) is 7.38. The Hall–Kier alpha value is -0.870. The van der Waals surface area contributed by atoms with Gasteiger partial charge in [0.15, 0.2) is 0 Å². The first kappa shape index (κ1) is 16.2. The Labute approximate surface area is 116 Å². The van der Waals surface area contributed by atoms with Gasteiger partial charge in [0.2, 0.25) is 0 Å². The zero-order valence-corrected chi connectivity index (χ0v) is 12.9. The Kier molecular flexibility index (Phi) is 6.52. The maximum absolute atomic E-state index is 10.4. The third kappa shape index (κ3) is 4.32. The SMILES string of the molecule is CCOC(C(C)C)C(O)Cc1cc(CC)nn1CC. The molecule has 1 rings (SSSR count). The van der Waals surface area contributed by atoms with Gasteiger partial charge < -0.3 is 9.84 Å². The summed E-state index contributed by atoms with van der Waals surface area (Å²) in [5, 5.41) is 14.9. The van der Waals surface area contributed by atoms with Crippen LogP contribution in [0.3, 0.4) is 0 Å². The Morgan fingerprint density at radius 3 is 2.47 bits per heavy atom. The second kappa shape index (κ2) is 7.65. The van der Waals surface area contributed by atoms with E-state index in [9.17, 15) is 5.11 Å². The topological polar surface area (TPSA) is 47.3 Å². The average Bonchev–Trinajstić information content (AvgIpc) is 2.77. The minimum Gasteiger partial charge on any atom is -0.390 e. The number of ether oxygens (including phenoxy) is 1. The minimum atomic E-state index is -0.480. The van der Waals surface area contributed by atoms with Crippen LogP contribution < -0.4 is 0 Å². The van der Waals surface area contributed by atoms with Gasteiger partial charge in [0.25, 0.3) is 0 Å². The Balaban J connectivity index is 2.79. The zero-order valence-electron chi connectivity index (χ0n) is 12.9. The van der Waals surface area contributed by atoms with Gasteiger partial charge in [-0.25, -0.2) is 0 Å². The predicted octanol–water partition coefficient (Wildman–Crippen LogP) is 2.43. The van der Waals surface area contributed by atoms with Gasteiger partial charge in [-0.1, -0.05) is 20.8 Å². The summed E-state index contributed by atoms with van der Waals surface area (Å²) >= 11 is 0. The van der Waals surface area contributed by atoms with Crippen molar-refractivity contribution in [3.05, 3.63) is 17.5 Å². The maximum atomic E-state index is 10.4. The van der Waals surface area contributed by atoms with E-state index in [2.05, 4.69) is 38.9 Å². The van der Waals surface area contributed by atoms with Crippen molar-refractivity contribution < 1.29 is 9.84 Å². The van der Waals surface area contributed by atoms with E-state index in [1.165, 1.54) is 0 Å². The molecule has 0 aliphatic carbocycles. The van der Waals surface area contributed by atoms with Crippen LogP contribution in [0.1, 0.15) is 46.0 Å². The van der Waals surface area contributed by atoms with Gasteiger partial charge in [-0.3, -0.25) is 4.68 Å². The molecule has 110 valence electrons. The maximum Gasteiger partial charge on any atom is 0.0860 e. The number of nitrogens with zero attached hydrogens (tertiary/aromatic N) is 2. The van der Waals surface area contributed by atoms with Crippen LogP contribution >= 0.6 is 0 Å². The molecule has 2 unspecified atom stereocenters. The van der Waals surface area contributed by atoms with Gasteiger partial charge in [-0.2, -0.15) is 5.10 Å². The molecule has 1 heterocycles. The molecule has 0 spiro atoms. The lowest BCUT2D eigenvalue weighted by atomic mass is 9.98. The number of hydrogen-bond donors (Lipinski definition) is 1. The van der Waals surface area contributed by atoms with Crippen LogP contribution in [-0.2, 0) is 24.1 Å². The number of hydrogen-bond acceptors (Lipinski definition) is 3. The van der Waals surface area contributed by atoms with Crippen LogP contribution in [0, 0.1) is 5.92 Å². The van der Waals surface area contributed by atoms with Crippen molar-refractivity contribution in [3.8, 4) is 0 Å². The minimum absolute atomic E-state index is 0.115. The molecule has 0 radical (unpaired) electrons. The molecule has 0 saturated carbocycles. The summed E-state index contributed by atoms with van der Waals surface area (Å²) in [5.41, 5.74) is 2.18. The normalized spacial score (nSPS) is 14.9. The van der Waals surface area contributed by atoms with Gasteiger partial charge in [0.1, 0.15) is 0 Å². The van der Waals surface area contributed by atoms with E-state index in [4.69, 9.17) is 4.74 Å². The number of aryl methyl sites for hydroxylation is 2. The average molecular weight is 268 g/mol. The molecule has 0 bridgehead atoms. The highest BCUT2D eigenvalue weighted by Crippen LogP contribution is 2.16. The Bertz CT molecular complexity index is 374. The Morgan fingerprint density at radius 1 is 1.32 bits per heavy atom. The summed E-state index contributed by atoms with van der Waals surface area (Å²) in [6, 6.07) is 2.09. The summed E-state index contributed by atoms with van der Waals surface area (Å²) in [4.78, 5) is 0. The van der Waals surface area contributed by atoms with Crippen LogP contribution in [0.4, 0.5) is 0 Å². The second-order valence-corrected chi connectivity index (χ2v) is 5.23. The summed E-state index contributed by atoms with van der Waals surface area (Å²) in [7, 11) is 0. The highest BCUT2D eigenvalue weighted by molar-refractivity contribution is 5.12. The smallest absolute Gasteiger partial charge is 0.0860 e. The molecule has 4 nitrogen and oxygen atoms in total. The van der Waals surface area contributed by atoms with Crippen molar-refractivity contribution in [1.82, 2.24) is 9.78 Å². The fourth-order valence-corrected chi connectivity index (χ4v) is 2.40. The van der Waals surface area contributed by atoms with Gasteiger partial charge in [0, 0.05) is 25.3 Å². The molecule has 1 N–H and O–H groups in total. The largest absolute Gasteiger partial charge is 0.390 e. The number of aliphatic hydroxyl groups excluding tert-OH is 1.